The summed E-state index contributed by atoms with van der Waals surface area (Å²) in [6.45, 7) is 2.21. The molecule has 0 aliphatic rings. The standard InChI is InChI=1S/C11H22Cl2O2S2/c1-9(6-17-8-11(15)5-13)2-3-16-7-10(14)4-12/h9-11,14-15H,2-8H2,1H3. The van der Waals surface area contributed by atoms with Gasteiger partial charge in [-0.3, -0.25) is 0 Å². The predicted molar refractivity (Wildman–Crippen MR) is 81.9 cm³/mol. The first-order chi connectivity index (χ1) is 8.10. The van der Waals surface area contributed by atoms with Gasteiger partial charge >= 0.3 is 0 Å². The number of hydrogen-bond acceptors (Lipinski definition) is 4. The highest BCUT2D eigenvalue weighted by atomic mass is 35.5. The molecule has 0 saturated heterocycles. The Bertz CT molecular complexity index is 176. The van der Waals surface area contributed by atoms with Crippen LogP contribution in [-0.2, 0) is 0 Å². The number of rotatable bonds is 11. The monoisotopic (exact) mass is 320 g/mol. The van der Waals surface area contributed by atoms with E-state index in [-0.39, 0.29) is 12.2 Å². The lowest BCUT2D eigenvalue weighted by Gasteiger charge is -2.12. The van der Waals surface area contributed by atoms with E-state index in [1.807, 2.05) is 0 Å². The molecule has 0 aliphatic heterocycles. The summed E-state index contributed by atoms with van der Waals surface area (Å²) < 4.78 is 0. The van der Waals surface area contributed by atoms with Crippen LogP contribution in [0.4, 0.5) is 0 Å². The average molecular weight is 321 g/mol. The molecule has 0 fully saturated rings. The number of thioether (sulfide) groups is 2. The van der Waals surface area contributed by atoms with Gasteiger partial charge in [0, 0.05) is 23.3 Å². The van der Waals surface area contributed by atoms with Crippen molar-refractivity contribution in [2.45, 2.75) is 25.6 Å². The van der Waals surface area contributed by atoms with Crippen LogP contribution < -0.4 is 0 Å². The van der Waals surface area contributed by atoms with Gasteiger partial charge < -0.3 is 10.2 Å². The Labute approximate surface area is 123 Å². The number of aliphatic hydroxyl groups is 2. The molecular weight excluding hydrogens is 299 g/mol. The van der Waals surface area contributed by atoms with Crippen LogP contribution in [0.15, 0.2) is 0 Å². The quantitative estimate of drug-likeness (QED) is 0.453. The fourth-order valence-electron chi connectivity index (χ4n) is 1.08. The van der Waals surface area contributed by atoms with E-state index in [1.54, 1.807) is 23.5 Å². The lowest BCUT2D eigenvalue weighted by Crippen LogP contribution is -2.13. The second-order valence-corrected chi connectivity index (χ2v) is 6.96. The zero-order valence-electron chi connectivity index (χ0n) is 10.1. The highest BCUT2D eigenvalue weighted by Gasteiger charge is 2.07. The highest BCUT2D eigenvalue weighted by molar-refractivity contribution is 7.99. The van der Waals surface area contributed by atoms with Crippen LogP contribution in [-0.4, -0.2) is 57.2 Å². The summed E-state index contributed by atoms with van der Waals surface area (Å²) in [6.07, 6.45) is 0.358. The predicted octanol–water partition coefficient (Wildman–Crippen LogP) is 2.68. The highest BCUT2D eigenvalue weighted by Crippen LogP contribution is 2.16. The number of alkyl halides is 2. The van der Waals surface area contributed by atoms with E-state index in [0.29, 0.717) is 29.2 Å². The third kappa shape index (κ3) is 12.0. The topological polar surface area (TPSA) is 40.5 Å². The Balaban J connectivity index is 3.31. The molecule has 0 amide bonds. The van der Waals surface area contributed by atoms with Gasteiger partial charge in [0.05, 0.1) is 12.2 Å². The minimum Gasteiger partial charge on any atom is -0.391 e. The summed E-state index contributed by atoms with van der Waals surface area (Å²) in [5.41, 5.74) is 0. The van der Waals surface area contributed by atoms with Gasteiger partial charge in [-0.25, -0.2) is 0 Å². The summed E-state index contributed by atoms with van der Waals surface area (Å²) >= 11 is 14.5. The van der Waals surface area contributed by atoms with Crippen molar-refractivity contribution in [3.05, 3.63) is 0 Å². The molecule has 0 rings (SSSR count). The molecule has 104 valence electrons. The smallest absolute Gasteiger partial charge is 0.0765 e. The molecule has 3 atom stereocenters. The number of aliphatic hydroxyl groups excluding tert-OH is 2. The number of halogens is 2. The van der Waals surface area contributed by atoms with Crippen molar-refractivity contribution < 1.29 is 10.2 Å². The molecule has 0 aliphatic carbocycles. The third-order valence-electron chi connectivity index (χ3n) is 2.13. The molecule has 2 N–H and O–H groups in total. The van der Waals surface area contributed by atoms with E-state index >= 15 is 0 Å². The van der Waals surface area contributed by atoms with Crippen molar-refractivity contribution >= 4 is 46.7 Å². The Morgan fingerprint density at radius 2 is 1.47 bits per heavy atom. The van der Waals surface area contributed by atoms with Crippen molar-refractivity contribution in [1.82, 2.24) is 0 Å². The van der Waals surface area contributed by atoms with Crippen LogP contribution in [0.2, 0.25) is 0 Å². The third-order valence-corrected chi connectivity index (χ3v) is 5.42. The Hall–Kier alpha value is 1.20. The second-order valence-electron chi connectivity index (χ2n) is 4.12. The van der Waals surface area contributed by atoms with Gasteiger partial charge in [0.15, 0.2) is 0 Å². The summed E-state index contributed by atoms with van der Waals surface area (Å²) in [5, 5.41) is 18.5. The first-order valence-corrected chi connectivity index (χ1v) is 9.11. The van der Waals surface area contributed by atoms with Crippen molar-refractivity contribution in [3.8, 4) is 0 Å². The molecule has 0 aromatic rings. The molecule has 6 heteroatoms. The second kappa shape index (κ2) is 12.2. The molecule has 2 nitrogen and oxygen atoms in total. The number of hydrogen-bond donors (Lipinski definition) is 2. The van der Waals surface area contributed by atoms with Gasteiger partial charge in [-0.1, -0.05) is 6.92 Å². The van der Waals surface area contributed by atoms with E-state index in [0.717, 1.165) is 17.9 Å². The van der Waals surface area contributed by atoms with Crippen LogP contribution in [0.25, 0.3) is 0 Å². The van der Waals surface area contributed by atoms with E-state index in [4.69, 9.17) is 23.2 Å². The van der Waals surface area contributed by atoms with Gasteiger partial charge in [0.2, 0.25) is 0 Å². The first kappa shape index (κ1) is 18.2. The van der Waals surface area contributed by atoms with Crippen molar-refractivity contribution in [3.63, 3.8) is 0 Å². The van der Waals surface area contributed by atoms with Crippen molar-refractivity contribution in [2.24, 2.45) is 5.92 Å². The van der Waals surface area contributed by atoms with Gasteiger partial charge in [-0.15, -0.1) is 23.2 Å². The summed E-state index contributed by atoms with van der Waals surface area (Å²) in [7, 11) is 0. The van der Waals surface area contributed by atoms with Gasteiger partial charge in [0.25, 0.3) is 0 Å². The normalized spacial score (nSPS) is 16.8. The van der Waals surface area contributed by atoms with Gasteiger partial charge in [-0.05, 0) is 23.8 Å². The minimum absolute atomic E-state index is 0.313. The van der Waals surface area contributed by atoms with E-state index in [9.17, 15) is 10.2 Å². The SMILES string of the molecule is CC(CCSCC(O)CCl)CSCC(O)CCl. The molecule has 0 saturated carbocycles. The van der Waals surface area contributed by atoms with Crippen LogP contribution in [0.1, 0.15) is 13.3 Å². The maximum Gasteiger partial charge on any atom is 0.0765 e. The van der Waals surface area contributed by atoms with E-state index < -0.39 is 0 Å². The molecule has 0 bridgehead atoms. The Morgan fingerprint density at radius 1 is 0.941 bits per heavy atom. The molecule has 3 unspecified atom stereocenters. The molecule has 0 aromatic heterocycles. The Morgan fingerprint density at radius 3 is 2.00 bits per heavy atom. The fraction of sp³-hybridized carbons (Fsp3) is 1.00. The maximum absolute atomic E-state index is 9.28. The molecule has 0 aromatic carbocycles. The van der Waals surface area contributed by atoms with Crippen molar-refractivity contribution in [2.75, 3.05) is 34.8 Å². The average Bonchev–Trinajstić information content (AvgIpc) is 2.33. The minimum atomic E-state index is -0.387. The summed E-state index contributed by atoms with van der Waals surface area (Å²) in [6, 6.07) is 0. The zero-order chi connectivity index (χ0) is 13.1. The van der Waals surface area contributed by atoms with Crippen molar-refractivity contribution in [1.29, 1.82) is 0 Å². The summed E-state index contributed by atoms with van der Waals surface area (Å²) in [4.78, 5) is 0. The molecule has 17 heavy (non-hydrogen) atoms. The Kier molecular flexibility index (Phi) is 13.1. The first-order valence-electron chi connectivity index (χ1n) is 5.73. The van der Waals surface area contributed by atoms with Crippen LogP contribution in [0.3, 0.4) is 0 Å². The van der Waals surface area contributed by atoms with E-state index in [1.165, 1.54) is 0 Å². The van der Waals surface area contributed by atoms with Crippen LogP contribution >= 0.6 is 46.7 Å². The largest absolute Gasteiger partial charge is 0.391 e. The van der Waals surface area contributed by atoms with Gasteiger partial charge in [-0.2, -0.15) is 23.5 Å². The molecule has 0 heterocycles. The molecular formula is C11H22Cl2O2S2. The zero-order valence-corrected chi connectivity index (χ0v) is 13.3. The maximum atomic E-state index is 9.28. The lowest BCUT2D eigenvalue weighted by molar-refractivity contribution is 0.223. The molecule has 0 radical (unpaired) electrons. The van der Waals surface area contributed by atoms with Gasteiger partial charge in [0.1, 0.15) is 0 Å². The fourth-order valence-corrected chi connectivity index (χ4v) is 3.78. The molecule has 0 spiro atoms. The van der Waals surface area contributed by atoms with Crippen LogP contribution in [0.5, 0.6) is 0 Å². The van der Waals surface area contributed by atoms with Crippen LogP contribution in [0, 0.1) is 5.92 Å². The summed E-state index contributed by atoms with van der Waals surface area (Å²) in [5.74, 6) is 4.78. The lowest BCUT2D eigenvalue weighted by atomic mass is 10.2. The van der Waals surface area contributed by atoms with E-state index in [2.05, 4.69) is 6.92 Å².